The number of H-pyrrole nitrogens is 1. The zero-order chi connectivity index (χ0) is 15.9. The molecule has 2 aromatic carbocycles. The Morgan fingerprint density at radius 2 is 1.74 bits per heavy atom. The molecule has 0 radical (unpaired) electrons. The van der Waals surface area contributed by atoms with Crippen LogP contribution in [0.4, 0.5) is 0 Å². The van der Waals surface area contributed by atoms with Crippen molar-refractivity contribution >= 4 is 21.1 Å². The molecule has 1 saturated heterocycles. The summed E-state index contributed by atoms with van der Waals surface area (Å²) < 4.78 is 26.4. The van der Waals surface area contributed by atoms with E-state index in [1.165, 1.54) is 4.31 Å². The number of benzene rings is 2. The molecule has 0 unspecified atom stereocenters. The van der Waals surface area contributed by atoms with Gasteiger partial charge >= 0.3 is 0 Å². The first-order valence-electron chi connectivity index (χ1n) is 7.58. The van der Waals surface area contributed by atoms with E-state index in [-0.39, 0.29) is 11.7 Å². The molecule has 1 fully saturated rings. The van der Waals surface area contributed by atoms with Crippen LogP contribution in [0.25, 0.3) is 11.0 Å². The van der Waals surface area contributed by atoms with E-state index < -0.39 is 10.0 Å². The van der Waals surface area contributed by atoms with Gasteiger partial charge in [0.15, 0.2) is 0 Å². The van der Waals surface area contributed by atoms with Crippen molar-refractivity contribution in [3.8, 4) is 0 Å². The minimum absolute atomic E-state index is 0.0562. The van der Waals surface area contributed by atoms with Crippen LogP contribution in [0, 0.1) is 0 Å². The summed E-state index contributed by atoms with van der Waals surface area (Å²) in [5.41, 5.74) is 2.74. The van der Waals surface area contributed by atoms with Gasteiger partial charge in [-0.05, 0) is 17.7 Å². The van der Waals surface area contributed by atoms with Gasteiger partial charge in [-0.25, -0.2) is 17.7 Å². The lowest BCUT2D eigenvalue weighted by Gasteiger charge is -2.36. The highest BCUT2D eigenvalue weighted by molar-refractivity contribution is 7.88. The van der Waals surface area contributed by atoms with Crippen molar-refractivity contribution in [3.63, 3.8) is 0 Å². The first kappa shape index (κ1) is 14.4. The molecule has 3 aromatic rings. The molecule has 6 heteroatoms. The van der Waals surface area contributed by atoms with Crippen LogP contribution < -0.4 is 0 Å². The van der Waals surface area contributed by atoms with Gasteiger partial charge in [-0.15, -0.1) is 0 Å². The van der Waals surface area contributed by atoms with Crippen LogP contribution >= 0.6 is 0 Å². The second-order valence-electron chi connectivity index (χ2n) is 5.89. The minimum Gasteiger partial charge on any atom is -0.342 e. The normalized spacial score (nSPS) is 16.5. The molecule has 4 rings (SSSR count). The molecule has 0 amide bonds. The van der Waals surface area contributed by atoms with Gasteiger partial charge in [0.2, 0.25) is 10.0 Å². The Morgan fingerprint density at radius 3 is 2.48 bits per heavy atom. The Kier molecular flexibility index (Phi) is 3.43. The second-order valence-corrected chi connectivity index (χ2v) is 7.86. The van der Waals surface area contributed by atoms with Crippen molar-refractivity contribution in [2.45, 2.75) is 11.7 Å². The number of hydrogen-bond acceptors (Lipinski definition) is 3. The lowest BCUT2D eigenvalue weighted by Crippen LogP contribution is -2.49. The van der Waals surface area contributed by atoms with E-state index in [1.54, 1.807) is 0 Å². The predicted octanol–water partition coefficient (Wildman–Crippen LogP) is 2.49. The number of imidazole rings is 1. The highest BCUT2D eigenvalue weighted by atomic mass is 32.2. The standard InChI is InChI=1S/C17H17N3O2S/c21-23(22,12-13-6-2-1-3-7-13)20-10-14(11-20)17-18-15-8-4-5-9-16(15)19-17/h1-9,14H,10-12H2,(H,18,19). The van der Waals surface area contributed by atoms with Gasteiger partial charge in [0.05, 0.1) is 16.8 Å². The first-order valence-corrected chi connectivity index (χ1v) is 9.19. The zero-order valence-corrected chi connectivity index (χ0v) is 13.3. The van der Waals surface area contributed by atoms with Crippen molar-refractivity contribution in [2.75, 3.05) is 13.1 Å². The van der Waals surface area contributed by atoms with E-state index in [0.717, 1.165) is 22.4 Å². The summed E-state index contributed by atoms with van der Waals surface area (Å²) in [7, 11) is -3.26. The van der Waals surface area contributed by atoms with Gasteiger partial charge in [0, 0.05) is 19.0 Å². The molecule has 23 heavy (non-hydrogen) atoms. The Balaban J connectivity index is 1.46. The lowest BCUT2D eigenvalue weighted by molar-refractivity contribution is 0.257. The third-order valence-corrected chi connectivity index (χ3v) is 6.01. The summed E-state index contributed by atoms with van der Waals surface area (Å²) in [6.45, 7) is 0.990. The van der Waals surface area contributed by atoms with E-state index in [2.05, 4.69) is 9.97 Å². The number of aromatic nitrogens is 2. The molecule has 1 aliphatic rings. The van der Waals surface area contributed by atoms with Crippen LogP contribution in [0.15, 0.2) is 54.6 Å². The van der Waals surface area contributed by atoms with Gasteiger partial charge in [-0.2, -0.15) is 0 Å². The number of fused-ring (bicyclic) bond motifs is 1. The summed E-state index contributed by atoms with van der Waals surface area (Å²) in [5.74, 6) is 1.08. The molecule has 118 valence electrons. The van der Waals surface area contributed by atoms with Gasteiger partial charge < -0.3 is 4.98 Å². The first-order chi connectivity index (χ1) is 11.1. The number of hydrogen-bond donors (Lipinski definition) is 1. The SMILES string of the molecule is O=S(=O)(Cc1ccccc1)N1CC(c2nc3ccccc3[nH]2)C1. The van der Waals surface area contributed by atoms with E-state index >= 15 is 0 Å². The van der Waals surface area contributed by atoms with Crippen LogP contribution in [-0.2, 0) is 15.8 Å². The average Bonchev–Trinajstić information content (AvgIpc) is 2.89. The molecule has 2 heterocycles. The number of rotatable bonds is 4. The zero-order valence-electron chi connectivity index (χ0n) is 12.5. The van der Waals surface area contributed by atoms with Crippen molar-refractivity contribution in [1.29, 1.82) is 0 Å². The Hall–Kier alpha value is -2.18. The van der Waals surface area contributed by atoms with Crippen molar-refractivity contribution in [2.24, 2.45) is 0 Å². The fourth-order valence-electron chi connectivity index (χ4n) is 2.88. The molecule has 1 aromatic heterocycles. The van der Waals surface area contributed by atoms with Gasteiger partial charge in [-0.1, -0.05) is 42.5 Å². The summed E-state index contributed by atoms with van der Waals surface area (Å²) in [4.78, 5) is 7.84. The minimum atomic E-state index is -3.26. The molecule has 5 nitrogen and oxygen atoms in total. The number of aromatic amines is 1. The average molecular weight is 327 g/mol. The van der Waals surface area contributed by atoms with Crippen LogP contribution in [0.1, 0.15) is 17.3 Å². The molecule has 0 spiro atoms. The van der Waals surface area contributed by atoms with E-state index in [9.17, 15) is 8.42 Å². The third kappa shape index (κ3) is 2.75. The molecule has 1 aliphatic heterocycles. The maximum Gasteiger partial charge on any atom is 0.218 e. The fourth-order valence-corrected chi connectivity index (χ4v) is 4.49. The number of sulfonamides is 1. The van der Waals surface area contributed by atoms with Crippen molar-refractivity contribution < 1.29 is 8.42 Å². The molecular weight excluding hydrogens is 310 g/mol. The van der Waals surface area contributed by atoms with Gasteiger partial charge in [0.1, 0.15) is 5.82 Å². The van der Waals surface area contributed by atoms with E-state index in [4.69, 9.17) is 0 Å². The molecule has 0 bridgehead atoms. The van der Waals surface area contributed by atoms with Crippen LogP contribution in [0.2, 0.25) is 0 Å². The molecule has 0 saturated carbocycles. The van der Waals surface area contributed by atoms with Crippen molar-refractivity contribution in [1.82, 2.24) is 14.3 Å². The summed E-state index contributed by atoms with van der Waals surface area (Å²) in [6, 6.07) is 17.1. The molecule has 1 N–H and O–H groups in total. The topological polar surface area (TPSA) is 66.1 Å². The lowest BCUT2D eigenvalue weighted by atomic mass is 10.0. The highest BCUT2D eigenvalue weighted by Crippen LogP contribution is 2.30. The summed E-state index contributed by atoms with van der Waals surface area (Å²) in [6.07, 6.45) is 0. The van der Waals surface area contributed by atoms with Crippen molar-refractivity contribution in [3.05, 3.63) is 66.0 Å². The Labute approximate surface area is 135 Å². The van der Waals surface area contributed by atoms with Crippen LogP contribution in [0.5, 0.6) is 0 Å². The van der Waals surface area contributed by atoms with Crippen LogP contribution in [0.3, 0.4) is 0 Å². The third-order valence-electron chi connectivity index (χ3n) is 4.23. The molecular formula is C17H17N3O2S. The number of nitrogens with zero attached hydrogens (tertiary/aromatic N) is 2. The maximum atomic E-state index is 12.4. The summed E-state index contributed by atoms with van der Waals surface area (Å²) >= 11 is 0. The summed E-state index contributed by atoms with van der Waals surface area (Å²) in [5, 5.41) is 0. The van der Waals surface area contributed by atoms with Gasteiger partial charge in [0.25, 0.3) is 0 Å². The second kappa shape index (κ2) is 5.47. The Bertz CT molecular complexity index is 896. The Morgan fingerprint density at radius 1 is 1.04 bits per heavy atom. The van der Waals surface area contributed by atoms with Crippen LogP contribution in [-0.4, -0.2) is 35.8 Å². The predicted molar refractivity (Wildman–Crippen MR) is 89.5 cm³/mol. The maximum absolute atomic E-state index is 12.4. The van der Waals surface area contributed by atoms with Gasteiger partial charge in [-0.3, -0.25) is 0 Å². The number of nitrogens with one attached hydrogen (secondary N) is 1. The van der Waals surface area contributed by atoms with E-state index in [1.807, 2.05) is 54.6 Å². The quantitative estimate of drug-likeness (QED) is 0.800. The molecule has 0 atom stereocenters. The fraction of sp³-hybridized carbons (Fsp3) is 0.235. The monoisotopic (exact) mass is 327 g/mol. The smallest absolute Gasteiger partial charge is 0.218 e. The molecule has 0 aliphatic carbocycles. The number of para-hydroxylation sites is 2. The van der Waals surface area contributed by atoms with E-state index in [0.29, 0.717) is 13.1 Å². The largest absolute Gasteiger partial charge is 0.342 e. The highest BCUT2D eigenvalue weighted by Gasteiger charge is 2.38.